The van der Waals surface area contributed by atoms with Crippen molar-refractivity contribution in [3.05, 3.63) is 47.8 Å². The number of rotatable bonds is 14. The third-order valence-corrected chi connectivity index (χ3v) is 7.13. The standard InChI is InChI=1S/C25H28F3N3O6S2/c1-3-36-22(32)14-37-24(33)31-20-7-5-4-6-18(20)30-23(31)39-15-19-17(2)21(8-9-29-19)38-13-12-34-10-11-35-16-25(26,27)28/h4-9H,3,10-16H2,1-2H3. The van der Waals surface area contributed by atoms with Gasteiger partial charge in [0, 0.05) is 22.6 Å². The summed E-state index contributed by atoms with van der Waals surface area (Å²) < 4.78 is 57.3. The maximum absolute atomic E-state index is 12.8. The third kappa shape index (κ3) is 9.71. The summed E-state index contributed by atoms with van der Waals surface area (Å²) in [6.45, 7) is 2.30. The number of thioether (sulfide) groups is 2. The maximum Gasteiger partial charge on any atom is 0.421 e. The zero-order valence-electron chi connectivity index (χ0n) is 21.4. The van der Waals surface area contributed by atoms with E-state index in [4.69, 9.17) is 14.2 Å². The number of fused-ring (bicyclic) bond motifs is 1. The molecular formula is C25H28F3N3O6S2. The summed E-state index contributed by atoms with van der Waals surface area (Å²) in [6.07, 6.45) is -3.39. The minimum atomic E-state index is -4.34. The Bertz CT molecular complexity index is 1260. The van der Waals surface area contributed by atoms with Crippen LogP contribution in [0.4, 0.5) is 18.0 Å². The van der Waals surface area contributed by atoms with Crippen molar-refractivity contribution in [1.29, 1.82) is 0 Å². The summed E-state index contributed by atoms with van der Waals surface area (Å²) in [6, 6.07) is 8.98. The van der Waals surface area contributed by atoms with Gasteiger partial charge in [0.25, 0.3) is 0 Å². The van der Waals surface area contributed by atoms with Gasteiger partial charge < -0.3 is 18.9 Å². The number of hydrogen-bond donors (Lipinski definition) is 0. The number of esters is 1. The first kappa shape index (κ1) is 30.7. The van der Waals surface area contributed by atoms with Crippen molar-refractivity contribution < 1.29 is 41.7 Å². The van der Waals surface area contributed by atoms with E-state index in [1.807, 2.05) is 19.1 Å². The molecule has 0 aliphatic carbocycles. The molecule has 39 heavy (non-hydrogen) atoms. The number of nitrogens with zero attached hydrogens (tertiary/aromatic N) is 3. The van der Waals surface area contributed by atoms with Gasteiger partial charge in [-0.2, -0.15) is 13.2 Å². The van der Waals surface area contributed by atoms with E-state index >= 15 is 0 Å². The highest BCUT2D eigenvalue weighted by atomic mass is 32.2. The van der Waals surface area contributed by atoms with Gasteiger partial charge >= 0.3 is 18.2 Å². The van der Waals surface area contributed by atoms with E-state index in [1.165, 1.54) is 16.3 Å². The average Bonchev–Trinajstić information content (AvgIpc) is 3.27. The molecule has 3 rings (SSSR count). The molecule has 3 aromatic rings. The van der Waals surface area contributed by atoms with Crippen LogP contribution < -0.4 is 0 Å². The Morgan fingerprint density at radius 1 is 1.03 bits per heavy atom. The van der Waals surface area contributed by atoms with Crippen LogP contribution in [0.1, 0.15) is 18.2 Å². The highest BCUT2D eigenvalue weighted by Gasteiger charge is 2.27. The highest BCUT2D eigenvalue weighted by Crippen LogP contribution is 2.30. The molecule has 0 N–H and O–H groups in total. The molecular weight excluding hydrogens is 559 g/mol. The van der Waals surface area contributed by atoms with Crippen molar-refractivity contribution in [2.24, 2.45) is 0 Å². The maximum atomic E-state index is 12.8. The number of carbonyl (C=O) groups excluding carboxylic acids is 2. The minimum Gasteiger partial charge on any atom is -0.463 e. The fourth-order valence-electron chi connectivity index (χ4n) is 3.28. The molecule has 1 aromatic carbocycles. The predicted octanol–water partition coefficient (Wildman–Crippen LogP) is 5.27. The number of para-hydroxylation sites is 2. The molecule has 0 atom stereocenters. The van der Waals surface area contributed by atoms with Crippen LogP contribution in [0, 0.1) is 6.92 Å². The van der Waals surface area contributed by atoms with E-state index in [0.29, 0.717) is 34.3 Å². The van der Waals surface area contributed by atoms with Crippen molar-refractivity contribution in [3.63, 3.8) is 0 Å². The number of benzene rings is 1. The number of carbonyl (C=O) groups is 2. The molecule has 0 spiro atoms. The lowest BCUT2D eigenvalue weighted by Gasteiger charge is -2.11. The fraction of sp³-hybridized carbons (Fsp3) is 0.440. The summed E-state index contributed by atoms with van der Waals surface area (Å²) in [5.74, 6) is 0.374. The van der Waals surface area contributed by atoms with E-state index in [1.54, 1.807) is 43.1 Å². The summed E-state index contributed by atoms with van der Waals surface area (Å²) >= 11 is 2.85. The van der Waals surface area contributed by atoms with Gasteiger partial charge in [0.2, 0.25) is 0 Å². The van der Waals surface area contributed by atoms with Crippen LogP contribution in [-0.2, 0) is 29.5 Å². The monoisotopic (exact) mass is 587 g/mol. The lowest BCUT2D eigenvalue weighted by Crippen LogP contribution is -2.20. The lowest BCUT2D eigenvalue weighted by atomic mass is 10.2. The molecule has 0 saturated carbocycles. The van der Waals surface area contributed by atoms with Crippen molar-refractivity contribution >= 4 is 46.6 Å². The van der Waals surface area contributed by atoms with Crippen LogP contribution in [0.3, 0.4) is 0 Å². The smallest absolute Gasteiger partial charge is 0.421 e. The predicted molar refractivity (Wildman–Crippen MR) is 140 cm³/mol. The first-order valence-electron chi connectivity index (χ1n) is 11.9. The van der Waals surface area contributed by atoms with Gasteiger partial charge in [-0.25, -0.2) is 19.1 Å². The van der Waals surface area contributed by atoms with Crippen LogP contribution in [0.5, 0.6) is 0 Å². The van der Waals surface area contributed by atoms with E-state index < -0.39 is 31.5 Å². The number of halogens is 3. The lowest BCUT2D eigenvalue weighted by molar-refractivity contribution is -0.176. The Balaban J connectivity index is 1.57. The molecule has 0 aliphatic heterocycles. The molecule has 0 saturated heterocycles. The van der Waals surface area contributed by atoms with Crippen molar-refractivity contribution in [2.75, 3.05) is 45.4 Å². The van der Waals surface area contributed by atoms with Gasteiger partial charge in [0.05, 0.1) is 43.2 Å². The molecule has 0 fully saturated rings. The molecule has 2 aromatic heterocycles. The second kappa shape index (κ2) is 15.1. The number of pyridine rings is 1. The van der Waals surface area contributed by atoms with Crippen LogP contribution in [0.15, 0.2) is 46.6 Å². The molecule has 0 unspecified atom stereocenters. The first-order chi connectivity index (χ1) is 18.7. The molecule has 9 nitrogen and oxygen atoms in total. The normalized spacial score (nSPS) is 11.6. The van der Waals surface area contributed by atoms with Gasteiger partial charge in [-0.05, 0) is 37.6 Å². The molecule has 0 aliphatic rings. The molecule has 14 heteroatoms. The summed E-state index contributed by atoms with van der Waals surface area (Å²) in [5.41, 5.74) is 2.90. The molecule has 0 amide bonds. The van der Waals surface area contributed by atoms with E-state index in [0.717, 1.165) is 16.2 Å². The Morgan fingerprint density at radius 2 is 1.79 bits per heavy atom. The third-order valence-electron chi connectivity index (χ3n) is 5.05. The topological polar surface area (TPSA) is 102 Å². The first-order valence-corrected chi connectivity index (χ1v) is 13.9. The minimum absolute atomic E-state index is 0.0804. The number of alkyl halides is 3. The number of imidazole rings is 1. The number of ether oxygens (including phenoxy) is 4. The fourth-order valence-corrected chi connectivity index (χ4v) is 5.21. The quantitative estimate of drug-likeness (QED) is 0.141. The van der Waals surface area contributed by atoms with E-state index in [9.17, 15) is 22.8 Å². The Morgan fingerprint density at radius 3 is 2.56 bits per heavy atom. The van der Waals surface area contributed by atoms with Crippen LogP contribution >= 0.6 is 23.5 Å². The van der Waals surface area contributed by atoms with Gasteiger partial charge in [-0.15, -0.1) is 11.8 Å². The van der Waals surface area contributed by atoms with Gasteiger partial charge in [0.15, 0.2) is 11.8 Å². The van der Waals surface area contributed by atoms with E-state index in [-0.39, 0.29) is 19.8 Å². The van der Waals surface area contributed by atoms with Crippen LogP contribution in [0.2, 0.25) is 0 Å². The SMILES string of the molecule is CCOC(=O)COC(=O)n1c(SCc2nccc(SCCOCCOCC(F)(F)F)c2C)nc2ccccc21. The highest BCUT2D eigenvalue weighted by molar-refractivity contribution is 7.99. The number of hydrogen-bond acceptors (Lipinski definition) is 10. The second-order valence-corrected chi connectivity index (χ2v) is 9.96. The van der Waals surface area contributed by atoms with E-state index in [2.05, 4.69) is 14.7 Å². The van der Waals surface area contributed by atoms with Crippen molar-refractivity contribution in [3.8, 4) is 0 Å². The molecule has 212 valence electrons. The Labute approximate surface area is 231 Å². The van der Waals surface area contributed by atoms with Gasteiger partial charge in [-0.3, -0.25) is 4.98 Å². The van der Waals surface area contributed by atoms with Crippen molar-refractivity contribution in [2.45, 2.75) is 35.8 Å². The van der Waals surface area contributed by atoms with Crippen LogP contribution in [-0.4, -0.2) is 78.2 Å². The molecule has 0 bridgehead atoms. The van der Waals surface area contributed by atoms with Crippen molar-refractivity contribution in [1.82, 2.24) is 14.5 Å². The van der Waals surface area contributed by atoms with Gasteiger partial charge in [0.1, 0.15) is 6.61 Å². The van der Waals surface area contributed by atoms with Gasteiger partial charge in [-0.1, -0.05) is 23.9 Å². The summed E-state index contributed by atoms with van der Waals surface area (Å²) in [4.78, 5) is 34.5. The second-order valence-electron chi connectivity index (χ2n) is 7.88. The number of aromatic nitrogens is 3. The Hall–Kier alpha value is -2.81. The molecule has 0 radical (unpaired) electrons. The zero-order valence-corrected chi connectivity index (χ0v) is 23.0. The average molecular weight is 588 g/mol. The molecule has 2 heterocycles. The summed E-state index contributed by atoms with van der Waals surface area (Å²) in [5, 5.41) is 0.394. The Kier molecular flexibility index (Phi) is 11.9. The van der Waals surface area contributed by atoms with Crippen LogP contribution in [0.25, 0.3) is 11.0 Å². The largest absolute Gasteiger partial charge is 0.463 e. The summed E-state index contributed by atoms with van der Waals surface area (Å²) in [7, 11) is 0. The zero-order chi connectivity index (χ0) is 28.3.